The summed E-state index contributed by atoms with van der Waals surface area (Å²) in [4.78, 5) is 4.26. The predicted molar refractivity (Wildman–Crippen MR) is 47.3 cm³/mol. The molecule has 0 atom stereocenters. The fourth-order valence-corrected chi connectivity index (χ4v) is 1.26. The van der Waals surface area contributed by atoms with E-state index in [0.29, 0.717) is 17.4 Å². The average molecular weight is 188 g/mol. The summed E-state index contributed by atoms with van der Waals surface area (Å²) in [6, 6.07) is 3.62. The van der Waals surface area contributed by atoms with Gasteiger partial charge in [-0.25, -0.2) is 0 Å². The van der Waals surface area contributed by atoms with Gasteiger partial charge in [-0.05, 0) is 25.0 Å². The molecule has 1 fully saturated rings. The Morgan fingerprint density at radius 2 is 2.29 bits per heavy atom. The van der Waals surface area contributed by atoms with Crippen molar-refractivity contribution >= 4 is 0 Å². The van der Waals surface area contributed by atoms with Crippen LogP contribution in [-0.4, -0.2) is 20.3 Å². The molecular formula is C9H8N4O. The van der Waals surface area contributed by atoms with Gasteiger partial charge in [-0.15, -0.1) is 5.10 Å². The maximum absolute atomic E-state index is 5.11. The van der Waals surface area contributed by atoms with E-state index in [4.69, 9.17) is 4.52 Å². The van der Waals surface area contributed by atoms with Crippen molar-refractivity contribution in [1.82, 2.24) is 20.3 Å². The minimum atomic E-state index is 0.480. The fourth-order valence-electron chi connectivity index (χ4n) is 1.26. The number of nitrogens with zero attached hydrogens (tertiary/aromatic N) is 4. The van der Waals surface area contributed by atoms with Gasteiger partial charge < -0.3 is 4.52 Å². The van der Waals surface area contributed by atoms with E-state index in [2.05, 4.69) is 20.3 Å². The lowest BCUT2D eigenvalue weighted by Gasteiger charge is -1.87. The summed E-state index contributed by atoms with van der Waals surface area (Å²) in [7, 11) is 0. The van der Waals surface area contributed by atoms with Crippen molar-refractivity contribution < 1.29 is 4.52 Å². The van der Waals surface area contributed by atoms with Gasteiger partial charge in [0.05, 0.1) is 0 Å². The van der Waals surface area contributed by atoms with E-state index in [1.54, 1.807) is 12.3 Å². The van der Waals surface area contributed by atoms with Gasteiger partial charge in [0.2, 0.25) is 11.7 Å². The minimum absolute atomic E-state index is 0.480. The lowest BCUT2D eigenvalue weighted by Crippen LogP contribution is -1.87. The number of hydrogen-bond donors (Lipinski definition) is 0. The molecule has 0 N–H and O–H groups in total. The maximum Gasteiger partial charge on any atom is 0.230 e. The SMILES string of the molecule is c1cnnc(-c2noc(C3CC3)n2)c1. The summed E-state index contributed by atoms with van der Waals surface area (Å²) >= 11 is 0. The van der Waals surface area contributed by atoms with Crippen LogP contribution >= 0.6 is 0 Å². The first kappa shape index (κ1) is 7.61. The van der Waals surface area contributed by atoms with Crippen LogP contribution in [0.15, 0.2) is 22.9 Å². The highest BCUT2D eigenvalue weighted by Crippen LogP contribution is 2.39. The van der Waals surface area contributed by atoms with E-state index < -0.39 is 0 Å². The van der Waals surface area contributed by atoms with Crippen molar-refractivity contribution in [2.24, 2.45) is 0 Å². The third-order valence-electron chi connectivity index (χ3n) is 2.17. The van der Waals surface area contributed by atoms with Gasteiger partial charge >= 0.3 is 0 Å². The standard InChI is InChI=1S/C9H8N4O/c1-2-7(12-10-5-1)8-11-9(14-13-8)6-3-4-6/h1-2,5-6H,3-4H2. The molecule has 1 saturated carbocycles. The molecule has 70 valence electrons. The van der Waals surface area contributed by atoms with Crippen LogP contribution in [0.25, 0.3) is 11.5 Å². The molecule has 0 unspecified atom stereocenters. The van der Waals surface area contributed by atoms with Gasteiger partial charge in [0.25, 0.3) is 0 Å². The van der Waals surface area contributed by atoms with Crippen LogP contribution in [0, 0.1) is 0 Å². The van der Waals surface area contributed by atoms with Gasteiger partial charge in [0.15, 0.2) is 0 Å². The molecule has 0 bridgehead atoms. The average Bonchev–Trinajstić information content (AvgIpc) is 2.98. The second-order valence-electron chi connectivity index (χ2n) is 3.34. The molecule has 2 aromatic rings. The molecule has 5 nitrogen and oxygen atoms in total. The van der Waals surface area contributed by atoms with Crippen LogP contribution in [-0.2, 0) is 0 Å². The summed E-state index contributed by atoms with van der Waals surface area (Å²) < 4.78 is 5.11. The van der Waals surface area contributed by atoms with Crippen molar-refractivity contribution in [2.75, 3.05) is 0 Å². The van der Waals surface area contributed by atoms with Crippen molar-refractivity contribution in [3.63, 3.8) is 0 Å². The van der Waals surface area contributed by atoms with Gasteiger partial charge in [-0.3, -0.25) is 0 Å². The molecule has 1 aliphatic carbocycles. The van der Waals surface area contributed by atoms with Crippen LogP contribution in [0.4, 0.5) is 0 Å². The molecule has 14 heavy (non-hydrogen) atoms. The van der Waals surface area contributed by atoms with Crippen LogP contribution in [0.5, 0.6) is 0 Å². The normalized spacial score (nSPS) is 15.7. The smallest absolute Gasteiger partial charge is 0.230 e. The molecule has 0 saturated heterocycles. The molecule has 5 heteroatoms. The zero-order chi connectivity index (χ0) is 9.38. The Morgan fingerprint density at radius 1 is 1.36 bits per heavy atom. The van der Waals surface area contributed by atoms with E-state index in [1.165, 1.54) is 0 Å². The Bertz CT molecular complexity index is 435. The van der Waals surface area contributed by atoms with E-state index in [-0.39, 0.29) is 0 Å². The maximum atomic E-state index is 5.11. The van der Waals surface area contributed by atoms with E-state index >= 15 is 0 Å². The minimum Gasteiger partial charge on any atom is -0.339 e. The summed E-state index contributed by atoms with van der Waals surface area (Å²) in [5.41, 5.74) is 0.656. The first-order chi connectivity index (χ1) is 6.93. The zero-order valence-corrected chi connectivity index (χ0v) is 7.42. The van der Waals surface area contributed by atoms with Crippen molar-refractivity contribution in [3.05, 3.63) is 24.2 Å². The highest BCUT2D eigenvalue weighted by molar-refractivity contribution is 5.46. The Morgan fingerprint density at radius 3 is 3.00 bits per heavy atom. The van der Waals surface area contributed by atoms with E-state index in [9.17, 15) is 0 Å². The van der Waals surface area contributed by atoms with Gasteiger partial charge in [0, 0.05) is 12.1 Å². The van der Waals surface area contributed by atoms with Crippen LogP contribution < -0.4 is 0 Å². The lowest BCUT2D eigenvalue weighted by molar-refractivity contribution is 0.380. The second-order valence-corrected chi connectivity index (χ2v) is 3.34. The molecule has 1 aliphatic rings. The second kappa shape index (κ2) is 2.87. The van der Waals surface area contributed by atoms with Crippen molar-refractivity contribution in [2.45, 2.75) is 18.8 Å². The molecule has 3 rings (SSSR count). The molecule has 2 heterocycles. The Hall–Kier alpha value is -1.78. The fraction of sp³-hybridized carbons (Fsp3) is 0.333. The Labute approximate surface area is 80.2 Å². The monoisotopic (exact) mass is 188 g/mol. The van der Waals surface area contributed by atoms with Gasteiger partial charge in [0.1, 0.15) is 5.69 Å². The van der Waals surface area contributed by atoms with Crippen molar-refractivity contribution in [3.8, 4) is 11.5 Å². The van der Waals surface area contributed by atoms with Crippen molar-refractivity contribution in [1.29, 1.82) is 0 Å². The van der Waals surface area contributed by atoms with E-state index in [0.717, 1.165) is 18.7 Å². The largest absolute Gasteiger partial charge is 0.339 e. The Balaban J connectivity index is 1.96. The quantitative estimate of drug-likeness (QED) is 0.712. The number of rotatable bonds is 2. The highest BCUT2D eigenvalue weighted by Gasteiger charge is 2.29. The number of aromatic nitrogens is 4. The van der Waals surface area contributed by atoms with Crippen LogP contribution in [0.1, 0.15) is 24.7 Å². The molecule has 0 amide bonds. The summed E-state index contributed by atoms with van der Waals surface area (Å²) in [6.45, 7) is 0. The Kier molecular flexibility index (Phi) is 1.56. The molecule has 0 aromatic carbocycles. The van der Waals surface area contributed by atoms with Crippen LogP contribution in [0.2, 0.25) is 0 Å². The first-order valence-corrected chi connectivity index (χ1v) is 4.55. The van der Waals surface area contributed by atoms with E-state index in [1.807, 2.05) is 6.07 Å². The zero-order valence-electron chi connectivity index (χ0n) is 7.42. The number of hydrogen-bond acceptors (Lipinski definition) is 5. The highest BCUT2D eigenvalue weighted by atomic mass is 16.5. The summed E-state index contributed by atoms with van der Waals surface area (Å²) in [6.07, 6.45) is 3.93. The molecule has 0 spiro atoms. The van der Waals surface area contributed by atoms with Gasteiger partial charge in [-0.1, -0.05) is 5.16 Å². The summed E-state index contributed by atoms with van der Waals surface area (Å²) in [5.74, 6) is 1.73. The summed E-state index contributed by atoms with van der Waals surface area (Å²) in [5, 5.41) is 11.5. The topological polar surface area (TPSA) is 64.7 Å². The lowest BCUT2D eigenvalue weighted by atomic mass is 10.4. The first-order valence-electron chi connectivity index (χ1n) is 4.55. The molecule has 0 radical (unpaired) electrons. The van der Waals surface area contributed by atoms with Gasteiger partial charge in [-0.2, -0.15) is 10.1 Å². The third-order valence-corrected chi connectivity index (χ3v) is 2.17. The molecule has 2 aromatic heterocycles. The third kappa shape index (κ3) is 1.26. The van der Waals surface area contributed by atoms with Crippen LogP contribution in [0.3, 0.4) is 0 Å². The molecule has 0 aliphatic heterocycles. The molecular weight excluding hydrogens is 180 g/mol. The predicted octanol–water partition coefficient (Wildman–Crippen LogP) is 1.40.